The fraction of sp³-hybridized carbons (Fsp3) is 0.286. The van der Waals surface area contributed by atoms with E-state index in [4.69, 9.17) is 4.42 Å². The first-order valence-electron chi connectivity index (χ1n) is 6.75. The van der Waals surface area contributed by atoms with Crippen LogP contribution in [0.25, 0.3) is 0 Å². The Balaban J connectivity index is 1.77. The van der Waals surface area contributed by atoms with Crippen LogP contribution in [0.1, 0.15) is 10.6 Å². The number of aliphatic hydroxyl groups is 1. The maximum atomic E-state index is 12.1. The molecule has 2 aromatic heterocycles. The molecule has 3 heterocycles. The van der Waals surface area contributed by atoms with Crippen LogP contribution in [0.4, 0.5) is 9.59 Å². The topological polar surface area (TPSA) is 94.8 Å². The van der Waals surface area contributed by atoms with Gasteiger partial charge in [0, 0.05) is 18.0 Å². The molecule has 3 N–H and O–H groups in total. The number of thiophene rings is 1. The summed E-state index contributed by atoms with van der Waals surface area (Å²) in [5.41, 5.74) is -1.47. The first kappa shape index (κ1) is 14.6. The molecule has 0 unspecified atom stereocenters. The van der Waals surface area contributed by atoms with Crippen LogP contribution in [-0.2, 0) is 5.60 Å². The molecular weight excluding hydrogens is 306 g/mol. The van der Waals surface area contributed by atoms with Crippen molar-refractivity contribution in [2.45, 2.75) is 5.60 Å². The van der Waals surface area contributed by atoms with Crippen molar-refractivity contribution in [1.82, 2.24) is 15.5 Å². The maximum Gasteiger partial charge on any atom is 0.325 e. The van der Waals surface area contributed by atoms with E-state index >= 15 is 0 Å². The van der Waals surface area contributed by atoms with Crippen molar-refractivity contribution in [3.63, 3.8) is 0 Å². The largest absolute Gasteiger partial charge is 0.466 e. The first-order chi connectivity index (χ1) is 10.6. The summed E-state index contributed by atoms with van der Waals surface area (Å²) in [4.78, 5) is 25.2. The fourth-order valence-corrected chi connectivity index (χ4v) is 3.12. The third-order valence-corrected chi connectivity index (χ3v) is 4.48. The number of urea groups is 2. The van der Waals surface area contributed by atoms with Crippen LogP contribution in [0.15, 0.2) is 40.3 Å². The van der Waals surface area contributed by atoms with Crippen LogP contribution in [0.2, 0.25) is 0 Å². The molecule has 116 valence electrons. The van der Waals surface area contributed by atoms with E-state index in [1.165, 1.54) is 17.6 Å². The van der Waals surface area contributed by atoms with Gasteiger partial charge in [0.05, 0.1) is 12.8 Å². The summed E-state index contributed by atoms with van der Waals surface area (Å²) in [7, 11) is 0. The van der Waals surface area contributed by atoms with Crippen LogP contribution >= 0.6 is 11.3 Å². The normalized spacial score (nSPS) is 17.1. The van der Waals surface area contributed by atoms with E-state index in [0.717, 1.165) is 4.90 Å². The summed E-state index contributed by atoms with van der Waals surface area (Å²) in [5.74, 6) is 0.334. The predicted octanol–water partition coefficient (Wildman–Crippen LogP) is 1.31. The molecular formula is C14H15N3O4S. The standard InChI is InChI=1S/C14H15N3O4S/c18-12-15-5-6-17(12)13(19)16-9-14(20,10-3-1-7-21-10)11-4-2-8-22-11/h1-4,7-8,20H,5-6,9H2,(H,15,18)(H,16,19)/t14-/m0/s1. The van der Waals surface area contributed by atoms with E-state index in [1.807, 2.05) is 11.4 Å². The Morgan fingerprint density at radius 3 is 2.95 bits per heavy atom. The van der Waals surface area contributed by atoms with Crippen molar-refractivity contribution in [1.29, 1.82) is 0 Å². The number of nitrogens with zero attached hydrogens (tertiary/aromatic N) is 1. The lowest BCUT2D eigenvalue weighted by molar-refractivity contribution is 0.0612. The number of amides is 4. The summed E-state index contributed by atoms with van der Waals surface area (Å²) in [6.07, 6.45) is 1.46. The zero-order chi connectivity index (χ0) is 15.6. The molecule has 0 spiro atoms. The van der Waals surface area contributed by atoms with Gasteiger partial charge in [0.2, 0.25) is 0 Å². The van der Waals surface area contributed by atoms with Crippen molar-refractivity contribution >= 4 is 23.4 Å². The van der Waals surface area contributed by atoms with Gasteiger partial charge in [-0.25, -0.2) is 14.5 Å². The monoisotopic (exact) mass is 321 g/mol. The van der Waals surface area contributed by atoms with E-state index in [9.17, 15) is 14.7 Å². The molecule has 4 amide bonds. The van der Waals surface area contributed by atoms with E-state index in [-0.39, 0.29) is 6.54 Å². The van der Waals surface area contributed by atoms with Crippen LogP contribution < -0.4 is 10.6 Å². The molecule has 0 aliphatic carbocycles. The van der Waals surface area contributed by atoms with Crippen molar-refractivity contribution in [3.05, 3.63) is 46.5 Å². The fourth-order valence-electron chi connectivity index (χ4n) is 2.29. The molecule has 1 saturated heterocycles. The molecule has 1 aliphatic heterocycles. The van der Waals surface area contributed by atoms with E-state index in [0.29, 0.717) is 23.7 Å². The summed E-state index contributed by atoms with van der Waals surface area (Å²) in [6, 6.07) is 5.91. The number of nitrogens with one attached hydrogen (secondary N) is 2. The van der Waals surface area contributed by atoms with Gasteiger partial charge in [0.15, 0.2) is 5.60 Å². The summed E-state index contributed by atoms with van der Waals surface area (Å²) in [6.45, 7) is 0.645. The van der Waals surface area contributed by atoms with Crippen molar-refractivity contribution in [2.75, 3.05) is 19.6 Å². The Kier molecular flexibility index (Phi) is 3.86. The zero-order valence-electron chi connectivity index (χ0n) is 11.6. The molecule has 3 rings (SSSR count). The van der Waals surface area contributed by atoms with E-state index in [2.05, 4.69) is 10.6 Å². The van der Waals surface area contributed by atoms with Gasteiger partial charge in [0.25, 0.3) is 0 Å². The Labute approximate surface area is 130 Å². The molecule has 7 nitrogen and oxygen atoms in total. The summed E-state index contributed by atoms with van der Waals surface area (Å²) < 4.78 is 5.31. The SMILES string of the molecule is O=C1NCCN1C(=O)NC[C@](O)(c1ccco1)c1cccs1. The van der Waals surface area contributed by atoms with Gasteiger partial charge in [-0.15, -0.1) is 11.3 Å². The molecule has 0 radical (unpaired) electrons. The van der Waals surface area contributed by atoms with E-state index in [1.54, 1.807) is 18.2 Å². The molecule has 22 heavy (non-hydrogen) atoms. The van der Waals surface area contributed by atoms with Crippen LogP contribution in [-0.4, -0.2) is 41.7 Å². The Morgan fingerprint density at radius 1 is 1.50 bits per heavy atom. The summed E-state index contributed by atoms with van der Waals surface area (Å²) >= 11 is 1.36. The van der Waals surface area contributed by atoms with Crippen LogP contribution in [0, 0.1) is 0 Å². The zero-order valence-corrected chi connectivity index (χ0v) is 12.4. The molecule has 2 aromatic rings. The second kappa shape index (κ2) is 5.82. The number of hydrogen-bond donors (Lipinski definition) is 3. The maximum absolute atomic E-state index is 12.1. The number of carbonyl (C=O) groups excluding carboxylic acids is 2. The van der Waals surface area contributed by atoms with E-state index < -0.39 is 17.7 Å². The number of hydrogen-bond acceptors (Lipinski definition) is 5. The van der Waals surface area contributed by atoms with Crippen molar-refractivity contribution in [3.8, 4) is 0 Å². The second-order valence-corrected chi connectivity index (χ2v) is 5.80. The highest BCUT2D eigenvalue weighted by Gasteiger charge is 2.37. The highest BCUT2D eigenvalue weighted by molar-refractivity contribution is 7.10. The minimum Gasteiger partial charge on any atom is -0.466 e. The third kappa shape index (κ3) is 2.58. The van der Waals surface area contributed by atoms with Gasteiger partial charge in [-0.3, -0.25) is 0 Å². The number of imide groups is 1. The molecule has 8 heteroatoms. The lowest BCUT2D eigenvalue weighted by atomic mass is 9.98. The summed E-state index contributed by atoms with van der Waals surface area (Å²) in [5, 5.41) is 17.9. The van der Waals surface area contributed by atoms with Crippen molar-refractivity contribution in [2.24, 2.45) is 0 Å². The number of carbonyl (C=O) groups is 2. The Morgan fingerprint density at radius 2 is 2.36 bits per heavy atom. The highest BCUT2D eigenvalue weighted by Crippen LogP contribution is 2.32. The average Bonchev–Trinajstić information content (AvgIpc) is 3.24. The third-order valence-electron chi connectivity index (χ3n) is 3.45. The first-order valence-corrected chi connectivity index (χ1v) is 7.63. The average molecular weight is 321 g/mol. The number of rotatable bonds is 4. The van der Waals surface area contributed by atoms with Gasteiger partial charge in [0.1, 0.15) is 5.76 Å². The predicted molar refractivity (Wildman–Crippen MR) is 79.5 cm³/mol. The minimum atomic E-state index is -1.47. The molecule has 0 saturated carbocycles. The number of furan rings is 1. The lowest BCUT2D eigenvalue weighted by Gasteiger charge is -2.26. The van der Waals surface area contributed by atoms with Crippen LogP contribution in [0.5, 0.6) is 0 Å². The smallest absolute Gasteiger partial charge is 0.325 e. The van der Waals surface area contributed by atoms with Gasteiger partial charge in [-0.2, -0.15) is 0 Å². The minimum absolute atomic E-state index is 0.0936. The van der Waals surface area contributed by atoms with Crippen LogP contribution in [0.3, 0.4) is 0 Å². The van der Waals surface area contributed by atoms with Gasteiger partial charge >= 0.3 is 12.1 Å². The molecule has 1 fully saturated rings. The van der Waals surface area contributed by atoms with Gasteiger partial charge < -0.3 is 20.2 Å². The lowest BCUT2D eigenvalue weighted by Crippen LogP contribution is -2.47. The second-order valence-electron chi connectivity index (χ2n) is 4.86. The Bertz CT molecular complexity index is 619. The van der Waals surface area contributed by atoms with Gasteiger partial charge in [-0.05, 0) is 23.6 Å². The highest BCUT2D eigenvalue weighted by atomic mass is 32.1. The Hall–Kier alpha value is -2.32. The molecule has 0 bridgehead atoms. The van der Waals surface area contributed by atoms with Gasteiger partial charge in [-0.1, -0.05) is 6.07 Å². The van der Waals surface area contributed by atoms with Crippen molar-refractivity contribution < 1.29 is 19.1 Å². The molecule has 0 aromatic carbocycles. The molecule has 1 aliphatic rings. The quantitative estimate of drug-likeness (QED) is 0.791. The molecule has 1 atom stereocenters.